The minimum atomic E-state index is -0.187. The van der Waals surface area contributed by atoms with Crippen molar-refractivity contribution >= 4 is 35.1 Å². The number of nitrogen functional groups attached to an aromatic ring is 2. The van der Waals surface area contributed by atoms with Gasteiger partial charge in [-0.05, 0) is 55.5 Å². The summed E-state index contributed by atoms with van der Waals surface area (Å²) in [6, 6.07) is 23.7. The molecule has 6 aromatic rings. The Bertz CT molecular complexity index is 2260. The van der Waals surface area contributed by atoms with E-state index in [0.717, 1.165) is 22.4 Å². The summed E-state index contributed by atoms with van der Waals surface area (Å²) in [5.74, 6) is 13.3. The van der Waals surface area contributed by atoms with Crippen LogP contribution in [-0.4, -0.2) is 44.0 Å². The number of anilines is 4. The fourth-order valence-electron chi connectivity index (χ4n) is 4.50. The fourth-order valence-corrected chi connectivity index (χ4v) is 4.50. The number of hydrogen-bond acceptors (Lipinski definition) is 11. The zero-order chi connectivity index (χ0) is 36.7. The monoisotopic (exact) mass is 691 g/mol. The van der Waals surface area contributed by atoms with Gasteiger partial charge in [0.15, 0.2) is 0 Å². The van der Waals surface area contributed by atoms with Crippen LogP contribution in [0.1, 0.15) is 39.3 Å². The van der Waals surface area contributed by atoms with Crippen molar-refractivity contribution in [3.05, 3.63) is 143 Å². The molecule has 2 amide bonds. The average Bonchev–Trinajstić information content (AvgIpc) is 3.56. The van der Waals surface area contributed by atoms with Gasteiger partial charge in [-0.15, -0.1) is 0 Å². The lowest BCUT2D eigenvalue weighted by atomic mass is 10.1. The number of methoxy groups -OCH3 is 1. The smallest absolute Gasteiger partial charge is 0.232 e. The molecule has 0 unspecified atom stereocenters. The second kappa shape index (κ2) is 17.8. The molecule has 0 aliphatic rings. The number of nitrogens with zero attached hydrogens (tertiary/aromatic N) is 5. The van der Waals surface area contributed by atoms with Crippen LogP contribution in [0.5, 0.6) is 5.75 Å². The zero-order valence-corrected chi connectivity index (χ0v) is 28.3. The molecule has 0 aliphatic carbocycles. The molecule has 0 aliphatic heterocycles. The predicted octanol–water partition coefficient (Wildman–Crippen LogP) is 4.58. The summed E-state index contributed by atoms with van der Waals surface area (Å²) in [7, 11) is 1.59. The Morgan fingerprint density at radius 1 is 0.673 bits per heavy atom. The Kier molecular flexibility index (Phi) is 12.2. The lowest BCUT2D eigenvalue weighted by Crippen LogP contribution is -2.14. The number of rotatable bonds is 7. The van der Waals surface area contributed by atoms with E-state index >= 15 is 0 Å². The standard InChI is InChI=1S/C21H18N4O2.C18H15N5O2/c1-27-19-5-3-2-4-17(19)12-20(26)25-18-10-8-15(9-11-18)6-7-16-13-23-21(22)24-14-16;1-12-7-16(25-23-12)9-17(24)22-15-4-2-3-13(8-15)5-6-14-10-20-18(19)21-11-14/h2-5,8-11,13-14H,12H2,1H3,(H,25,26)(H2,22,23,24);2-4,7-8,10-11H,9H2,1H3,(H,22,24)(H2,19,20,21). The molecule has 0 saturated heterocycles. The summed E-state index contributed by atoms with van der Waals surface area (Å²) in [5.41, 5.74) is 16.7. The molecule has 0 bridgehead atoms. The van der Waals surface area contributed by atoms with Crippen molar-refractivity contribution < 1.29 is 18.8 Å². The number of nitrogens with two attached hydrogens (primary N) is 2. The summed E-state index contributed by atoms with van der Waals surface area (Å²) in [5, 5.41) is 9.44. The number of amides is 2. The largest absolute Gasteiger partial charge is 0.496 e. The maximum atomic E-state index is 12.3. The summed E-state index contributed by atoms with van der Waals surface area (Å²) < 4.78 is 10.3. The van der Waals surface area contributed by atoms with Crippen LogP contribution in [-0.2, 0) is 22.4 Å². The topological polar surface area (TPSA) is 197 Å². The highest BCUT2D eigenvalue weighted by atomic mass is 16.5. The van der Waals surface area contributed by atoms with Crippen molar-refractivity contribution in [2.75, 3.05) is 29.2 Å². The van der Waals surface area contributed by atoms with Crippen molar-refractivity contribution in [3.8, 4) is 29.4 Å². The van der Waals surface area contributed by atoms with Gasteiger partial charge < -0.3 is 31.4 Å². The first-order valence-corrected chi connectivity index (χ1v) is 15.8. The van der Waals surface area contributed by atoms with Gasteiger partial charge in [0.25, 0.3) is 0 Å². The molecule has 0 fully saturated rings. The number of benzene rings is 3. The molecular weight excluding hydrogens is 658 g/mol. The summed E-state index contributed by atoms with van der Waals surface area (Å²) in [4.78, 5) is 39.9. The van der Waals surface area contributed by atoms with Crippen LogP contribution in [0.15, 0.2) is 108 Å². The first-order valence-electron chi connectivity index (χ1n) is 15.8. The van der Waals surface area contributed by atoms with Crippen LogP contribution >= 0.6 is 0 Å². The van der Waals surface area contributed by atoms with Crippen molar-refractivity contribution in [1.29, 1.82) is 0 Å². The number of hydrogen-bond donors (Lipinski definition) is 4. The molecule has 52 heavy (non-hydrogen) atoms. The highest BCUT2D eigenvalue weighted by molar-refractivity contribution is 5.93. The Labute approximate surface area is 299 Å². The van der Waals surface area contributed by atoms with E-state index in [2.05, 4.69) is 59.4 Å². The second-order valence-electron chi connectivity index (χ2n) is 11.0. The maximum Gasteiger partial charge on any atom is 0.232 e. The number of carbonyl (C=O) groups is 2. The number of aromatic nitrogens is 5. The fraction of sp³-hybridized carbons (Fsp3) is 0.103. The number of aryl methyl sites for hydroxylation is 1. The summed E-state index contributed by atoms with van der Waals surface area (Å²) in [6.45, 7) is 1.80. The molecule has 0 radical (unpaired) electrons. The normalized spacial score (nSPS) is 9.88. The molecular formula is C39H33N9O4. The summed E-state index contributed by atoms with van der Waals surface area (Å²) in [6.07, 6.45) is 6.62. The minimum Gasteiger partial charge on any atom is -0.496 e. The Hall–Kier alpha value is -7.51. The molecule has 13 nitrogen and oxygen atoms in total. The van der Waals surface area contributed by atoms with E-state index in [-0.39, 0.29) is 36.6 Å². The van der Waals surface area contributed by atoms with E-state index in [1.165, 1.54) is 0 Å². The molecule has 3 aromatic carbocycles. The van der Waals surface area contributed by atoms with Crippen LogP contribution < -0.4 is 26.8 Å². The third-order valence-corrected chi connectivity index (χ3v) is 6.92. The SMILES string of the molecule is COc1ccccc1CC(=O)Nc1ccc(C#Cc2cnc(N)nc2)cc1.Cc1cc(CC(=O)Nc2cccc(C#Cc3cnc(N)nc3)c2)on1. The van der Waals surface area contributed by atoms with Gasteiger partial charge in [0.1, 0.15) is 11.5 Å². The van der Waals surface area contributed by atoms with E-state index < -0.39 is 0 Å². The molecule has 3 aromatic heterocycles. The Balaban J connectivity index is 0.000000202. The quantitative estimate of drug-likeness (QED) is 0.171. The lowest BCUT2D eigenvalue weighted by molar-refractivity contribution is -0.116. The van der Waals surface area contributed by atoms with E-state index in [0.29, 0.717) is 34.0 Å². The van der Waals surface area contributed by atoms with E-state index in [9.17, 15) is 9.59 Å². The number of nitrogens with one attached hydrogen (secondary N) is 2. The van der Waals surface area contributed by atoms with Crippen LogP contribution in [0.3, 0.4) is 0 Å². The van der Waals surface area contributed by atoms with E-state index in [1.807, 2.05) is 60.7 Å². The van der Waals surface area contributed by atoms with Crippen molar-refractivity contribution in [3.63, 3.8) is 0 Å². The molecule has 258 valence electrons. The third kappa shape index (κ3) is 11.3. The number of para-hydroxylation sites is 1. The lowest BCUT2D eigenvalue weighted by Gasteiger charge is -2.09. The minimum absolute atomic E-state index is 0.114. The van der Waals surface area contributed by atoms with Crippen LogP contribution in [0.2, 0.25) is 0 Å². The first-order chi connectivity index (χ1) is 25.2. The zero-order valence-electron chi connectivity index (χ0n) is 28.3. The van der Waals surface area contributed by atoms with Crippen LogP contribution in [0.4, 0.5) is 23.3 Å². The molecule has 0 atom stereocenters. The van der Waals surface area contributed by atoms with E-state index in [4.69, 9.17) is 20.7 Å². The van der Waals surface area contributed by atoms with Gasteiger partial charge in [0, 0.05) is 58.9 Å². The molecule has 0 saturated carbocycles. The van der Waals surface area contributed by atoms with Gasteiger partial charge in [-0.25, -0.2) is 19.9 Å². The van der Waals surface area contributed by atoms with Crippen LogP contribution in [0, 0.1) is 30.6 Å². The predicted molar refractivity (Wildman–Crippen MR) is 197 cm³/mol. The van der Waals surface area contributed by atoms with Gasteiger partial charge in [-0.1, -0.05) is 53.1 Å². The molecule has 3 heterocycles. The Morgan fingerprint density at radius 3 is 1.87 bits per heavy atom. The van der Waals surface area contributed by atoms with Gasteiger partial charge in [-0.2, -0.15) is 0 Å². The highest BCUT2D eigenvalue weighted by Gasteiger charge is 2.10. The molecule has 13 heteroatoms. The molecule has 6 N–H and O–H groups in total. The van der Waals surface area contributed by atoms with Crippen molar-refractivity contribution in [1.82, 2.24) is 25.1 Å². The molecule has 0 spiro atoms. The van der Waals surface area contributed by atoms with Crippen molar-refractivity contribution in [2.24, 2.45) is 0 Å². The van der Waals surface area contributed by atoms with Gasteiger partial charge in [0.2, 0.25) is 23.7 Å². The Morgan fingerprint density at radius 2 is 1.25 bits per heavy atom. The van der Waals surface area contributed by atoms with Gasteiger partial charge >= 0.3 is 0 Å². The first kappa shape index (κ1) is 35.8. The van der Waals surface area contributed by atoms with Crippen molar-refractivity contribution in [2.45, 2.75) is 19.8 Å². The van der Waals surface area contributed by atoms with Gasteiger partial charge in [-0.3, -0.25) is 9.59 Å². The average molecular weight is 692 g/mol. The third-order valence-electron chi connectivity index (χ3n) is 6.92. The highest BCUT2D eigenvalue weighted by Crippen LogP contribution is 2.19. The maximum absolute atomic E-state index is 12.3. The second-order valence-corrected chi connectivity index (χ2v) is 11.0. The van der Waals surface area contributed by atoms with E-state index in [1.54, 1.807) is 57.0 Å². The van der Waals surface area contributed by atoms with Crippen LogP contribution in [0.25, 0.3) is 0 Å². The summed E-state index contributed by atoms with van der Waals surface area (Å²) >= 11 is 0. The number of ether oxygens (including phenoxy) is 1. The number of carbonyl (C=O) groups excluding carboxylic acids is 2. The van der Waals surface area contributed by atoms with Gasteiger partial charge in [0.05, 0.1) is 36.8 Å². The molecule has 6 rings (SSSR count).